The minimum absolute atomic E-state index is 0.0719. The zero-order valence-corrected chi connectivity index (χ0v) is 16.9. The number of carbonyl (C=O) groups excluding carboxylic acids is 2. The van der Waals surface area contributed by atoms with Crippen LogP contribution in [-0.4, -0.2) is 51.4 Å². The molecule has 0 heterocycles. The summed E-state index contributed by atoms with van der Waals surface area (Å²) in [6, 6.07) is 0. The number of halogens is 2. The van der Waals surface area contributed by atoms with Crippen molar-refractivity contribution in [2.75, 3.05) is 6.61 Å². The molecular formula is C22H28F2O5. The van der Waals surface area contributed by atoms with Gasteiger partial charge in [0.05, 0.1) is 6.10 Å². The highest BCUT2D eigenvalue weighted by Crippen LogP contribution is 2.68. The fourth-order valence-electron chi connectivity index (χ4n) is 7.48. The number of carbonyl (C=O) groups is 2. The third-order valence-corrected chi connectivity index (χ3v) is 8.70. The fourth-order valence-corrected chi connectivity index (χ4v) is 7.48. The van der Waals surface area contributed by atoms with Crippen LogP contribution in [-0.2, 0) is 9.59 Å². The fraction of sp³-hybridized carbons (Fsp3) is 0.727. The number of ketones is 2. The van der Waals surface area contributed by atoms with Crippen molar-refractivity contribution in [3.63, 3.8) is 0 Å². The van der Waals surface area contributed by atoms with Crippen LogP contribution in [0.5, 0.6) is 0 Å². The number of aliphatic hydroxyl groups is 3. The summed E-state index contributed by atoms with van der Waals surface area (Å²) in [6.07, 6.45) is 0.361. The van der Waals surface area contributed by atoms with Crippen LogP contribution < -0.4 is 0 Å². The highest BCUT2D eigenvalue weighted by atomic mass is 19.1. The van der Waals surface area contributed by atoms with Crippen LogP contribution in [0.1, 0.15) is 40.0 Å². The van der Waals surface area contributed by atoms with Gasteiger partial charge in [-0.1, -0.05) is 26.8 Å². The first-order valence-electron chi connectivity index (χ1n) is 10.3. The molecule has 5 nitrogen and oxygen atoms in total. The first kappa shape index (κ1) is 20.8. The highest BCUT2D eigenvalue weighted by molar-refractivity contribution is 6.04. The maximum Gasteiger partial charge on any atom is 0.213 e. The van der Waals surface area contributed by atoms with Crippen LogP contribution >= 0.6 is 0 Å². The Balaban J connectivity index is 1.83. The van der Waals surface area contributed by atoms with E-state index in [0.29, 0.717) is 6.42 Å². The molecule has 4 aliphatic rings. The van der Waals surface area contributed by atoms with E-state index in [4.69, 9.17) is 0 Å². The zero-order chi connectivity index (χ0) is 21.5. The lowest BCUT2D eigenvalue weighted by molar-refractivity contribution is -0.185. The first-order chi connectivity index (χ1) is 13.4. The summed E-state index contributed by atoms with van der Waals surface area (Å²) in [5, 5.41) is 32.0. The first-order valence-corrected chi connectivity index (χ1v) is 10.3. The minimum Gasteiger partial charge on any atom is -0.393 e. The predicted molar refractivity (Wildman–Crippen MR) is 99.9 cm³/mol. The van der Waals surface area contributed by atoms with Crippen LogP contribution in [0.2, 0.25) is 0 Å². The Morgan fingerprint density at radius 2 is 1.97 bits per heavy atom. The van der Waals surface area contributed by atoms with Crippen molar-refractivity contribution in [3.8, 4) is 0 Å². The Bertz CT molecular complexity index is 837. The number of hydrogen-bond donors (Lipinski definition) is 3. The summed E-state index contributed by atoms with van der Waals surface area (Å²) in [7, 11) is 0. The molecule has 0 amide bonds. The Hall–Kier alpha value is -1.44. The molecule has 3 unspecified atom stereocenters. The number of fused-ring (bicyclic) bond motifs is 5. The molecule has 0 aliphatic heterocycles. The van der Waals surface area contributed by atoms with E-state index in [2.05, 4.69) is 0 Å². The molecule has 29 heavy (non-hydrogen) atoms. The van der Waals surface area contributed by atoms with Gasteiger partial charge in [0.2, 0.25) is 5.78 Å². The summed E-state index contributed by atoms with van der Waals surface area (Å²) in [4.78, 5) is 24.4. The normalized spacial score (nSPS) is 51.5. The second-order valence-corrected chi connectivity index (χ2v) is 9.88. The van der Waals surface area contributed by atoms with Gasteiger partial charge in [-0.2, -0.15) is 0 Å². The van der Waals surface area contributed by atoms with Crippen LogP contribution in [0.25, 0.3) is 0 Å². The molecule has 4 rings (SSSR count). The van der Waals surface area contributed by atoms with Crippen LogP contribution in [0.3, 0.4) is 0 Å². The van der Waals surface area contributed by atoms with E-state index in [1.54, 1.807) is 20.8 Å². The molecule has 0 aromatic heterocycles. The van der Waals surface area contributed by atoms with Gasteiger partial charge in [0.25, 0.3) is 0 Å². The summed E-state index contributed by atoms with van der Waals surface area (Å²) < 4.78 is 29.9. The lowest BCUT2D eigenvalue weighted by Gasteiger charge is -2.60. The van der Waals surface area contributed by atoms with E-state index < -0.39 is 70.5 Å². The van der Waals surface area contributed by atoms with Crippen LogP contribution in [0.4, 0.5) is 8.78 Å². The Morgan fingerprint density at radius 3 is 2.59 bits per heavy atom. The summed E-state index contributed by atoms with van der Waals surface area (Å²) >= 11 is 0. The van der Waals surface area contributed by atoms with Gasteiger partial charge in [0.15, 0.2) is 11.6 Å². The van der Waals surface area contributed by atoms with Crippen molar-refractivity contribution in [1.82, 2.24) is 0 Å². The molecule has 160 valence electrons. The predicted octanol–water partition coefficient (Wildman–Crippen LogP) is 2.05. The van der Waals surface area contributed by atoms with Gasteiger partial charge in [-0.25, -0.2) is 8.78 Å². The van der Waals surface area contributed by atoms with E-state index in [0.717, 1.165) is 6.08 Å². The van der Waals surface area contributed by atoms with Gasteiger partial charge in [-0.05, 0) is 43.1 Å². The van der Waals surface area contributed by atoms with E-state index >= 15 is 4.39 Å². The lowest BCUT2D eigenvalue weighted by Crippen LogP contribution is -2.63. The Morgan fingerprint density at radius 1 is 1.31 bits per heavy atom. The topological polar surface area (TPSA) is 94.8 Å². The quantitative estimate of drug-likeness (QED) is 0.648. The van der Waals surface area contributed by atoms with Crippen LogP contribution in [0, 0.1) is 34.5 Å². The van der Waals surface area contributed by atoms with E-state index in [-0.39, 0.29) is 24.3 Å². The third kappa shape index (κ3) is 2.35. The zero-order valence-electron chi connectivity index (χ0n) is 16.9. The summed E-state index contributed by atoms with van der Waals surface area (Å²) in [5.74, 6) is -4.30. The van der Waals surface area contributed by atoms with Gasteiger partial charge in [-0.15, -0.1) is 0 Å². The maximum atomic E-state index is 15.2. The van der Waals surface area contributed by atoms with Crippen molar-refractivity contribution in [2.24, 2.45) is 34.5 Å². The van der Waals surface area contributed by atoms with Crippen molar-refractivity contribution < 1.29 is 33.7 Å². The molecule has 9 atom stereocenters. The smallest absolute Gasteiger partial charge is 0.213 e. The number of Topliss-reactive ketones (excluding diaryl/α,β-unsaturated/α-hetero) is 1. The number of allylic oxidation sites excluding steroid dienone is 4. The molecule has 0 aromatic rings. The van der Waals surface area contributed by atoms with Gasteiger partial charge >= 0.3 is 0 Å². The molecule has 0 bridgehead atoms. The lowest BCUT2D eigenvalue weighted by atomic mass is 9.45. The SMILES string of the molecule is CC1C[C@H]2[C@@H]3CC(F)C4=C(F)C(=O)C=C[C@]4(C)[C@H]3C(O)C[C@]2(C)[C@@]1(O)C(=O)CO. The Kier molecular flexibility index (Phi) is 4.51. The van der Waals surface area contributed by atoms with Gasteiger partial charge in [0, 0.05) is 22.3 Å². The molecule has 7 heteroatoms. The third-order valence-electron chi connectivity index (χ3n) is 8.70. The largest absolute Gasteiger partial charge is 0.393 e. The number of hydrogen-bond acceptors (Lipinski definition) is 5. The van der Waals surface area contributed by atoms with E-state index in [9.17, 15) is 29.3 Å². The second-order valence-electron chi connectivity index (χ2n) is 9.88. The van der Waals surface area contributed by atoms with Crippen molar-refractivity contribution in [3.05, 3.63) is 23.6 Å². The Labute approximate surface area is 168 Å². The summed E-state index contributed by atoms with van der Waals surface area (Å²) in [5.41, 5.74) is -4.19. The monoisotopic (exact) mass is 410 g/mol. The molecule has 3 saturated carbocycles. The molecular weight excluding hydrogens is 382 g/mol. The summed E-state index contributed by atoms with van der Waals surface area (Å²) in [6.45, 7) is 4.32. The number of rotatable bonds is 2. The van der Waals surface area contributed by atoms with Gasteiger partial charge in [-0.3, -0.25) is 9.59 Å². The molecule has 3 fully saturated rings. The van der Waals surface area contributed by atoms with Gasteiger partial charge < -0.3 is 15.3 Å². The standard InChI is InChI=1S/C22H28F2O5/c1-10-6-12-11-7-13(23)18-19(24)14(26)4-5-20(18,2)17(11)15(27)8-21(12,3)22(10,29)16(28)9-25/h4-5,10-13,15,17,25,27,29H,6-9H2,1-3H3/t10?,11-,12-,13?,15?,17+,20+,21-,22-/m0/s1. The average Bonchev–Trinajstić information content (AvgIpc) is 2.85. The number of aliphatic hydroxyl groups excluding tert-OH is 2. The van der Waals surface area contributed by atoms with E-state index in [1.165, 1.54) is 6.08 Å². The number of alkyl halides is 1. The minimum atomic E-state index is -1.81. The molecule has 0 saturated heterocycles. The van der Waals surface area contributed by atoms with Crippen molar-refractivity contribution >= 4 is 11.6 Å². The molecule has 4 aliphatic carbocycles. The molecule has 3 N–H and O–H groups in total. The highest BCUT2D eigenvalue weighted by Gasteiger charge is 2.71. The van der Waals surface area contributed by atoms with Crippen molar-refractivity contribution in [1.29, 1.82) is 0 Å². The average molecular weight is 410 g/mol. The molecule has 0 spiro atoms. The van der Waals surface area contributed by atoms with E-state index in [1.807, 2.05) is 0 Å². The van der Waals surface area contributed by atoms with Gasteiger partial charge in [0.1, 0.15) is 18.4 Å². The van der Waals surface area contributed by atoms with Crippen LogP contribution in [0.15, 0.2) is 23.6 Å². The maximum absolute atomic E-state index is 15.2. The molecule has 0 radical (unpaired) electrons. The molecule has 0 aromatic carbocycles. The van der Waals surface area contributed by atoms with Crippen molar-refractivity contribution in [2.45, 2.75) is 57.9 Å². The second kappa shape index (κ2) is 6.28.